The summed E-state index contributed by atoms with van der Waals surface area (Å²) in [6.45, 7) is 3.83. The van der Waals surface area contributed by atoms with Crippen LogP contribution in [0.1, 0.15) is 36.9 Å². The summed E-state index contributed by atoms with van der Waals surface area (Å²) in [6.07, 6.45) is 1.94. The molecular weight excluding hydrogens is 193 g/mol. The first-order chi connectivity index (χ1) is 7.13. The Hall–Kier alpha value is -1.09. The molecule has 82 valence electrons. The van der Waals surface area contributed by atoms with Gasteiger partial charge in [0.15, 0.2) is 0 Å². The Kier molecular flexibility index (Phi) is 2.65. The van der Waals surface area contributed by atoms with Crippen LogP contribution >= 0.6 is 0 Å². The van der Waals surface area contributed by atoms with Crippen molar-refractivity contribution in [2.75, 3.05) is 0 Å². The van der Waals surface area contributed by atoms with Gasteiger partial charge in [-0.1, -0.05) is 13.3 Å². The fraction of sp³-hybridized carbons (Fsp3) is 0.500. The molecule has 3 heteroatoms. The van der Waals surface area contributed by atoms with Crippen molar-refractivity contribution in [3.63, 3.8) is 0 Å². The second-order valence-corrected chi connectivity index (χ2v) is 4.11. The second-order valence-electron chi connectivity index (χ2n) is 4.11. The maximum Gasteiger partial charge on any atom is 0.129 e. The quantitative estimate of drug-likeness (QED) is 0.812. The third kappa shape index (κ3) is 1.72. The summed E-state index contributed by atoms with van der Waals surface area (Å²) < 4.78 is 18.9. The smallest absolute Gasteiger partial charge is 0.129 e. The lowest BCUT2D eigenvalue weighted by Crippen LogP contribution is -2.24. The molecule has 2 unspecified atom stereocenters. The van der Waals surface area contributed by atoms with E-state index in [0.717, 1.165) is 18.4 Å². The standard InChI is InChI=1S/C12H16FNO/c1-3-4-10-12(14)8-5-7(2)9(13)6-11(8)15-10/h5-6,10,12H,3-4,14H2,1-2H3. The molecule has 2 atom stereocenters. The summed E-state index contributed by atoms with van der Waals surface area (Å²) in [6, 6.07) is 3.13. The molecule has 1 aromatic carbocycles. The van der Waals surface area contributed by atoms with Crippen molar-refractivity contribution in [1.29, 1.82) is 0 Å². The van der Waals surface area contributed by atoms with E-state index in [0.29, 0.717) is 11.3 Å². The highest BCUT2D eigenvalue weighted by molar-refractivity contribution is 5.43. The lowest BCUT2D eigenvalue weighted by atomic mass is 10.00. The maximum atomic E-state index is 13.3. The number of aryl methyl sites for hydroxylation is 1. The molecule has 1 aliphatic heterocycles. The van der Waals surface area contributed by atoms with Crippen LogP contribution in [0.4, 0.5) is 4.39 Å². The second kappa shape index (κ2) is 3.81. The van der Waals surface area contributed by atoms with Crippen molar-refractivity contribution in [3.8, 4) is 5.75 Å². The Labute approximate surface area is 89.2 Å². The zero-order valence-corrected chi connectivity index (χ0v) is 9.09. The van der Waals surface area contributed by atoms with E-state index in [1.165, 1.54) is 6.07 Å². The molecule has 0 bridgehead atoms. The normalized spacial score (nSPS) is 23.7. The Bertz CT molecular complexity index is 378. The SMILES string of the molecule is CCCC1Oc2cc(F)c(C)cc2C1N. The minimum absolute atomic E-state index is 0.00574. The highest BCUT2D eigenvalue weighted by Gasteiger charge is 2.31. The zero-order chi connectivity index (χ0) is 11.0. The van der Waals surface area contributed by atoms with Crippen molar-refractivity contribution in [2.24, 2.45) is 5.73 Å². The predicted octanol–water partition coefficient (Wildman–Crippen LogP) is 2.70. The summed E-state index contributed by atoms with van der Waals surface area (Å²) >= 11 is 0. The average molecular weight is 209 g/mol. The molecule has 2 N–H and O–H groups in total. The predicted molar refractivity (Wildman–Crippen MR) is 57.4 cm³/mol. The van der Waals surface area contributed by atoms with Gasteiger partial charge in [-0.3, -0.25) is 0 Å². The van der Waals surface area contributed by atoms with E-state index in [9.17, 15) is 4.39 Å². The number of benzene rings is 1. The molecule has 0 saturated carbocycles. The van der Waals surface area contributed by atoms with E-state index in [2.05, 4.69) is 6.92 Å². The summed E-state index contributed by atoms with van der Waals surface area (Å²) in [7, 11) is 0. The number of fused-ring (bicyclic) bond motifs is 1. The molecule has 0 fully saturated rings. The molecule has 1 aromatic rings. The molecule has 2 rings (SSSR count). The van der Waals surface area contributed by atoms with Crippen molar-refractivity contribution in [1.82, 2.24) is 0 Å². The van der Waals surface area contributed by atoms with Gasteiger partial charge in [0.2, 0.25) is 0 Å². The van der Waals surface area contributed by atoms with Gasteiger partial charge in [0.25, 0.3) is 0 Å². The Morgan fingerprint density at radius 1 is 1.47 bits per heavy atom. The molecule has 15 heavy (non-hydrogen) atoms. The van der Waals surface area contributed by atoms with Gasteiger partial charge < -0.3 is 10.5 Å². The molecular formula is C12H16FNO. The van der Waals surface area contributed by atoms with Crippen molar-refractivity contribution >= 4 is 0 Å². The van der Waals surface area contributed by atoms with Crippen LogP contribution < -0.4 is 10.5 Å². The van der Waals surface area contributed by atoms with Gasteiger partial charge in [0, 0.05) is 11.6 Å². The van der Waals surface area contributed by atoms with Crippen LogP contribution in [0.15, 0.2) is 12.1 Å². The number of rotatable bonds is 2. The Morgan fingerprint density at radius 2 is 2.20 bits per heavy atom. The topological polar surface area (TPSA) is 35.2 Å². The number of hydrogen-bond donors (Lipinski definition) is 1. The first-order valence-corrected chi connectivity index (χ1v) is 5.35. The van der Waals surface area contributed by atoms with E-state index in [-0.39, 0.29) is 18.0 Å². The largest absolute Gasteiger partial charge is 0.488 e. The van der Waals surface area contributed by atoms with Crippen molar-refractivity contribution < 1.29 is 9.13 Å². The summed E-state index contributed by atoms with van der Waals surface area (Å²) in [5.41, 5.74) is 7.62. The minimum atomic E-state index is -0.224. The number of ether oxygens (including phenoxy) is 1. The van der Waals surface area contributed by atoms with Gasteiger partial charge in [-0.05, 0) is 25.0 Å². The van der Waals surface area contributed by atoms with E-state index in [1.807, 2.05) is 0 Å². The lowest BCUT2D eigenvalue weighted by Gasteiger charge is -2.13. The van der Waals surface area contributed by atoms with Gasteiger partial charge in [0.05, 0.1) is 6.04 Å². The van der Waals surface area contributed by atoms with Crippen LogP contribution in [0.25, 0.3) is 0 Å². The highest BCUT2D eigenvalue weighted by atomic mass is 19.1. The minimum Gasteiger partial charge on any atom is -0.488 e. The lowest BCUT2D eigenvalue weighted by molar-refractivity contribution is 0.194. The molecule has 0 amide bonds. The molecule has 1 heterocycles. The Balaban J connectivity index is 2.33. The number of hydrogen-bond acceptors (Lipinski definition) is 2. The van der Waals surface area contributed by atoms with Gasteiger partial charge >= 0.3 is 0 Å². The monoisotopic (exact) mass is 209 g/mol. The van der Waals surface area contributed by atoms with Crippen LogP contribution in [-0.4, -0.2) is 6.10 Å². The van der Waals surface area contributed by atoms with Gasteiger partial charge in [0.1, 0.15) is 17.7 Å². The highest BCUT2D eigenvalue weighted by Crippen LogP contribution is 2.38. The third-order valence-corrected chi connectivity index (χ3v) is 2.90. The van der Waals surface area contributed by atoms with Crippen LogP contribution in [0.5, 0.6) is 5.75 Å². The van der Waals surface area contributed by atoms with Crippen LogP contribution in [0.3, 0.4) is 0 Å². The van der Waals surface area contributed by atoms with Crippen molar-refractivity contribution in [2.45, 2.75) is 38.8 Å². The van der Waals surface area contributed by atoms with Crippen LogP contribution in [0, 0.1) is 12.7 Å². The van der Waals surface area contributed by atoms with Crippen molar-refractivity contribution in [3.05, 3.63) is 29.1 Å². The molecule has 1 aliphatic rings. The molecule has 2 nitrogen and oxygen atoms in total. The third-order valence-electron chi connectivity index (χ3n) is 2.90. The van der Waals surface area contributed by atoms with Gasteiger partial charge in [-0.25, -0.2) is 4.39 Å². The molecule has 0 aliphatic carbocycles. The van der Waals surface area contributed by atoms with E-state index in [4.69, 9.17) is 10.5 Å². The summed E-state index contributed by atoms with van der Waals surface area (Å²) in [4.78, 5) is 0. The molecule has 0 radical (unpaired) electrons. The van der Waals surface area contributed by atoms with E-state index in [1.54, 1.807) is 13.0 Å². The number of nitrogens with two attached hydrogens (primary N) is 1. The maximum absolute atomic E-state index is 13.3. The van der Waals surface area contributed by atoms with Crippen LogP contribution in [-0.2, 0) is 0 Å². The number of halogens is 1. The molecule has 0 spiro atoms. The van der Waals surface area contributed by atoms with Gasteiger partial charge in [-0.2, -0.15) is 0 Å². The fourth-order valence-corrected chi connectivity index (χ4v) is 2.01. The average Bonchev–Trinajstić information content (AvgIpc) is 2.47. The van der Waals surface area contributed by atoms with Crippen LogP contribution in [0.2, 0.25) is 0 Å². The molecule has 0 aromatic heterocycles. The summed E-state index contributed by atoms with van der Waals surface area (Å²) in [5.74, 6) is 0.391. The first-order valence-electron chi connectivity index (χ1n) is 5.35. The zero-order valence-electron chi connectivity index (χ0n) is 9.09. The first kappa shape index (κ1) is 10.4. The van der Waals surface area contributed by atoms with E-state index >= 15 is 0 Å². The summed E-state index contributed by atoms with van der Waals surface area (Å²) in [5, 5.41) is 0. The van der Waals surface area contributed by atoms with E-state index < -0.39 is 0 Å². The van der Waals surface area contributed by atoms with Gasteiger partial charge in [-0.15, -0.1) is 0 Å². The fourth-order valence-electron chi connectivity index (χ4n) is 2.01. The molecule has 0 saturated heterocycles. The Morgan fingerprint density at radius 3 is 2.87 bits per heavy atom.